The van der Waals surface area contributed by atoms with Gasteiger partial charge in [-0.15, -0.1) is 0 Å². The molecule has 294 valence electrons. The first-order valence-electron chi connectivity index (χ1n) is 17.2. The van der Waals surface area contributed by atoms with Crippen LogP contribution in [0.3, 0.4) is 0 Å². The van der Waals surface area contributed by atoms with Crippen molar-refractivity contribution in [2.75, 3.05) is 0 Å². The molecule has 0 heterocycles. The van der Waals surface area contributed by atoms with E-state index in [4.69, 9.17) is 5.11 Å². The largest absolute Gasteiger partial charge is 0.508 e. The fraction of sp³-hybridized carbons (Fsp3) is 0.475. The molecular formula is C40H47F9O4. The maximum Gasteiger partial charge on any atom is 0.426 e. The number of alkyl halides is 9. The zero-order valence-electron chi connectivity index (χ0n) is 30.7. The van der Waals surface area contributed by atoms with Gasteiger partial charge in [0.1, 0.15) is 11.9 Å². The first kappa shape index (κ1) is 45.2. The Labute approximate surface area is 304 Å². The minimum Gasteiger partial charge on any atom is -0.508 e. The van der Waals surface area contributed by atoms with E-state index in [1.54, 1.807) is 25.1 Å². The van der Waals surface area contributed by atoms with Gasteiger partial charge in [0.05, 0.1) is 11.3 Å². The average Bonchev–Trinajstić information content (AvgIpc) is 3.09. The minimum atomic E-state index is -5.91. The maximum absolute atomic E-state index is 13.2. The van der Waals surface area contributed by atoms with Crippen molar-refractivity contribution < 1.29 is 59.3 Å². The summed E-state index contributed by atoms with van der Waals surface area (Å²) >= 11 is 0. The van der Waals surface area contributed by atoms with Crippen LogP contribution in [0.25, 0.3) is 21.5 Å². The van der Waals surface area contributed by atoms with Gasteiger partial charge in [0.15, 0.2) is 0 Å². The van der Waals surface area contributed by atoms with Gasteiger partial charge in [0.2, 0.25) is 0 Å². The molecule has 0 aromatic heterocycles. The molecule has 53 heavy (non-hydrogen) atoms. The number of halogens is 9. The number of ether oxygens (including phenoxy) is 1. The Bertz CT molecular complexity index is 1770. The van der Waals surface area contributed by atoms with E-state index in [0.29, 0.717) is 17.7 Å². The molecule has 0 amide bonds. The van der Waals surface area contributed by atoms with Gasteiger partial charge in [-0.05, 0) is 83.8 Å². The third kappa shape index (κ3) is 11.3. The Hall–Kier alpha value is -4.00. The number of benzene rings is 4. The number of phenols is 1. The lowest BCUT2D eigenvalue weighted by Crippen LogP contribution is -2.58. The van der Waals surface area contributed by atoms with Crippen molar-refractivity contribution in [2.24, 2.45) is 5.92 Å². The van der Waals surface area contributed by atoms with E-state index in [9.17, 15) is 49.4 Å². The van der Waals surface area contributed by atoms with Crippen molar-refractivity contribution in [3.63, 3.8) is 0 Å². The van der Waals surface area contributed by atoms with E-state index in [1.165, 1.54) is 61.7 Å². The normalized spacial score (nSPS) is 15.3. The summed E-state index contributed by atoms with van der Waals surface area (Å²) in [5.74, 6) is -0.789. The van der Waals surface area contributed by atoms with Crippen LogP contribution >= 0.6 is 0 Å². The van der Waals surface area contributed by atoms with E-state index in [0.717, 1.165) is 12.3 Å². The number of carbonyl (C=O) groups excluding carboxylic acids is 1. The summed E-state index contributed by atoms with van der Waals surface area (Å²) in [5, 5.41) is 22.4. The van der Waals surface area contributed by atoms with Crippen LogP contribution in [-0.2, 0) is 14.9 Å². The third-order valence-corrected chi connectivity index (χ3v) is 9.60. The second-order valence-electron chi connectivity index (χ2n) is 13.5. The molecule has 0 saturated heterocycles. The van der Waals surface area contributed by atoms with Crippen molar-refractivity contribution in [3.8, 4) is 5.75 Å². The number of hydrogen-bond acceptors (Lipinski definition) is 4. The highest BCUT2D eigenvalue weighted by Gasteiger charge is 2.70. The number of phenolic OH excluding ortho intramolecular Hbond substituents is 1. The number of hydrogen-bond donors (Lipinski definition) is 2. The molecule has 0 aliphatic rings. The Morgan fingerprint density at radius 3 is 1.70 bits per heavy atom. The highest BCUT2D eigenvalue weighted by molar-refractivity contribution is 5.85. The monoisotopic (exact) mass is 762 g/mol. The Kier molecular flexibility index (Phi) is 15.2. The zero-order valence-corrected chi connectivity index (χ0v) is 30.7. The van der Waals surface area contributed by atoms with Crippen LogP contribution in [0.1, 0.15) is 91.2 Å². The highest BCUT2D eigenvalue weighted by Crippen LogP contribution is 2.46. The van der Waals surface area contributed by atoms with Crippen LogP contribution < -0.4 is 0 Å². The summed E-state index contributed by atoms with van der Waals surface area (Å²) in [6.45, 7) is 11.2. The van der Waals surface area contributed by atoms with Crippen molar-refractivity contribution in [2.45, 2.75) is 116 Å². The first-order chi connectivity index (χ1) is 24.3. The molecule has 13 heteroatoms. The SMILES string of the molecule is CCC(C)(c1ccc2cc(O)ccc2c1)C(F)(F)F.CCC(C)C(=O)OC(C)CC(O)(C(F)(F)F)C(F)(F)F.CCC(C)c1ccc2ccccc2c1. The van der Waals surface area contributed by atoms with E-state index >= 15 is 0 Å². The first-order valence-corrected chi connectivity index (χ1v) is 17.2. The summed E-state index contributed by atoms with van der Waals surface area (Å²) < 4.78 is 119. The molecule has 0 fully saturated rings. The van der Waals surface area contributed by atoms with Crippen molar-refractivity contribution in [1.82, 2.24) is 0 Å². The summed E-state index contributed by atoms with van der Waals surface area (Å²) in [6, 6.07) is 24.6. The number of aliphatic hydroxyl groups is 1. The summed E-state index contributed by atoms with van der Waals surface area (Å²) in [6.07, 6.45) is -18.1. The minimum absolute atomic E-state index is 0.0138. The molecule has 2 N–H and O–H groups in total. The summed E-state index contributed by atoms with van der Waals surface area (Å²) in [4.78, 5) is 11.3. The van der Waals surface area contributed by atoms with Crippen LogP contribution in [0.15, 0.2) is 78.9 Å². The van der Waals surface area contributed by atoms with Crippen LogP contribution in [0, 0.1) is 5.92 Å². The van der Waals surface area contributed by atoms with Gasteiger partial charge in [-0.1, -0.05) is 101 Å². The molecule has 4 aromatic rings. The fourth-order valence-corrected chi connectivity index (χ4v) is 5.23. The molecule has 0 saturated carbocycles. The molecule has 4 unspecified atom stereocenters. The van der Waals surface area contributed by atoms with Crippen molar-refractivity contribution >= 4 is 27.5 Å². The molecule has 4 nitrogen and oxygen atoms in total. The number of carbonyl (C=O) groups is 1. The lowest BCUT2D eigenvalue weighted by molar-refractivity contribution is -0.373. The van der Waals surface area contributed by atoms with Gasteiger partial charge < -0.3 is 14.9 Å². The van der Waals surface area contributed by atoms with E-state index in [-0.39, 0.29) is 17.7 Å². The topological polar surface area (TPSA) is 66.8 Å². The fourth-order valence-electron chi connectivity index (χ4n) is 5.23. The number of rotatable bonds is 9. The van der Waals surface area contributed by atoms with Gasteiger partial charge in [-0.3, -0.25) is 4.79 Å². The average molecular weight is 763 g/mol. The quantitative estimate of drug-likeness (QED) is 0.132. The van der Waals surface area contributed by atoms with Gasteiger partial charge in [-0.25, -0.2) is 0 Å². The number of fused-ring (bicyclic) bond motifs is 2. The maximum atomic E-state index is 13.2. The van der Waals surface area contributed by atoms with Crippen molar-refractivity contribution in [1.29, 1.82) is 0 Å². The van der Waals surface area contributed by atoms with Crippen LogP contribution in [0.4, 0.5) is 39.5 Å². The Balaban J connectivity index is 0.000000279. The molecular weight excluding hydrogens is 715 g/mol. The second kappa shape index (κ2) is 17.9. The third-order valence-electron chi connectivity index (χ3n) is 9.60. The van der Waals surface area contributed by atoms with Gasteiger partial charge in [-0.2, -0.15) is 39.5 Å². The van der Waals surface area contributed by atoms with Crippen molar-refractivity contribution in [3.05, 3.63) is 90.0 Å². The molecule has 0 bridgehead atoms. The predicted octanol–water partition coefficient (Wildman–Crippen LogP) is 12.3. The highest BCUT2D eigenvalue weighted by atomic mass is 19.4. The lowest BCUT2D eigenvalue weighted by atomic mass is 9.78. The molecule has 0 spiro atoms. The standard InChI is InChI=1S/C15H15F3O.C14H16.C11H16F6O3/c1-3-14(2,15(16,17)18)12-6-4-11-9-13(19)7-5-10(11)8-12;1-3-11(2)13-9-8-12-6-4-5-7-14(12)10-13;1-4-6(2)8(18)20-7(3)5-9(19,10(12,13)14)11(15,16)17/h4-9,19H,3H2,1-2H3;4-11H,3H2,1-2H3;6-7,19H,4-5H2,1-3H3. The number of esters is 1. The second-order valence-corrected chi connectivity index (χ2v) is 13.5. The van der Waals surface area contributed by atoms with Gasteiger partial charge in [0.25, 0.3) is 5.60 Å². The van der Waals surface area contributed by atoms with E-state index in [2.05, 4.69) is 61.0 Å². The smallest absolute Gasteiger partial charge is 0.426 e. The van der Waals surface area contributed by atoms with Crippen LogP contribution in [-0.4, -0.2) is 46.4 Å². The zero-order chi connectivity index (χ0) is 40.6. The van der Waals surface area contributed by atoms with Crippen LogP contribution in [0.2, 0.25) is 0 Å². The number of aromatic hydroxyl groups is 1. The molecule has 4 aromatic carbocycles. The Morgan fingerprint density at radius 1 is 0.679 bits per heavy atom. The molecule has 0 aliphatic heterocycles. The lowest BCUT2D eigenvalue weighted by Gasteiger charge is -2.34. The molecule has 0 aliphatic carbocycles. The molecule has 4 rings (SSSR count). The van der Waals surface area contributed by atoms with Gasteiger partial charge in [0, 0.05) is 6.42 Å². The van der Waals surface area contributed by atoms with Gasteiger partial charge >= 0.3 is 24.5 Å². The molecule has 4 atom stereocenters. The summed E-state index contributed by atoms with van der Waals surface area (Å²) in [7, 11) is 0. The van der Waals surface area contributed by atoms with Crippen LogP contribution in [0.5, 0.6) is 5.75 Å². The van der Waals surface area contributed by atoms with E-state index < -0.39 is 54.0 Å². The summed E-state index contributed by atoms with van der Waals surface area (Å²) in [5.41, 5.74) is -5.05. The Morgan fingerprint density at radius 2 is 1.19 bits per heavy atom. The van der Waals surface area contributed by atoms with E-state index in [1.807, 2.05) is 0 Å². The molecule has 0 radical (unpaired) electrons. The predicted molar refractivity (Wildman–Crippen MR) is 189 cm³/mol.